The fraction of sp³-hybridized carbons (Fsp3) is 0.524. The molecule has 15 nitrogen and oxygen atoms in total. The Hall–Kier alpha value is -4.55. The first kappa shape index (κ1) is 42.6. The van der Waals surface area contributed by atoms with Crippen molar-refractivity contribution in [1.29, 1.82) is 0 Å². The van der Waals surface area contributed by atoms with E-state index in [-0.39, 0.29) is 36.8 Å². The molecule has 5 aliphatic rings. The monoisotopic (exact) mass is 882 g/mol. The van der Waals surface area contributed by atoms with E-state index in [4.69, 9.17) is 9.47 Å². The topological polar surface area (TPSA) is 223 Å². The van der Waals surface area contributed by atoms with Crippen LogP contribution in [0.25, 0.3) is 0 Å². The summed E-state index contributed by atoms with van der Waals surface area (Å²) in [6.07, 6.45) is 5.06. The molecule has 1 saturated heterocycles. The highest BCUT2D eigenvalue weighted by Gasteiger charge is 2.79. The zero-order valence-electron chi connectivity index (χ0n) is 32.6. The molecule has 1 aromatic carbocycles. The van der Waals surface area contributed by atoms with Crippen LogP contribution in [0.15, 0.2) is 66.5 Å². The lowest BCUT2D eigenvalue weighted by Crippen LogP contribution is -2.69. The number of carboxylic acid groups (broad SMARTS) is 1. The first-order valence-corrected chi connectivity index (χ1v) is 20.8. The number of alkyl halides is 2. The van der Waals surface area contributed by atoms with E-state index in [1.54, 1.807) is 49.7 Å². The van der Waals surface area contributed by atoms with Crippen LogP contribution in [0.1, 0.15) is 69.8 Å². The number of fused-ring (bicyclic) bond motifs is 7. The van der Waals surface area contributed by atoms with Crippen LogP contribution in [0.2, 0.25) is 0 Å². The number of hydrogen-bond donors (Lipinski definition) is 6. The van der Waals surface area contributed by atoms with Gasteiger partial charge in [0, 0.05) is 53.4 Å². The SMILES string of the molecule is C[C@]12C=CC(=O)C=C1CC[C@H]1[C@@H]3C[C@H]4O[C@@H](c5ccn(Cc6cccc(NC(=O)[C@H](CCC(=O)O)NC(=O)CNC(=O)CBr)c6)c5)O[C@@]4(C(=O)CO)[C@@]3(C)C[C@H](O)[C@@]12F. The number of aromatic nitrogens is 1. The number of allylic oxidation sites excluding steroid dienone is 4. The molecule has 2 heterocycles. The Morgan fingerprint density at radius 3 is 2.63 bits per heavy atom. The lowest BCUT2D eigenvalue weighted by Gasteiger charge is -2.62. The largest absolute Gasteiger partial charge is 0.481 e. The summed E-state index contributed by atoms with van der Waals surface area (Å²) >= 11 is 2.98. The Morgan fingerprint density at radius 2 is 1.90 bits per heavy atom. The Labute approximate surface area is 347 Å². The van der Waals surface area contributed by atoms with Gasteiger partial charge < -0.3 is 45.3 Å². The molecule has 4 fully saturated rings. The third kappa shape index (κ3) is 7.28. The quantitative estimate of drug-likeness (QED) is 0.151. The van der Waals surface area contributed by atoms with Crippen molar-refractivity contribution in [2.24, 2.45) is 22.7 Å². The fourth-order valence-corrected chi connectivity index (χ4v) is 10.8. The van der Waals surface area contributed by atoms with Crippen LogP contribution in [-0.4, -0.2) is 103 Å². The number of ether oxygens (including phenoxy) is 2. The number of hydrogen-bond acceptors (Lipinski definition) is 10. The number of Topliss-reactive ketones (excluding diaryl/α,β-unsaturated/α-hetero) is 1. The second-order valence-corrected chi connectivity index (χ2v) is 17.2. The molecule has 10 atom stereocenters. The minimum Gasteiger partial charge on any atom is -0.481 e. The van der Waals surface area contributed by atoms with Crippen molar-refractivity contribution in [3.05, 3.63) is 77.7 Å². The molecule has 0 spiro atoms. The van der Waals surface area contributed by atoms with Crippen LogP contribution in [0.5, 0.6) is 0 Å². The van der Waals surface area contributed by atoms with Gasteiger partial charge in [-0.15, -0.1) is 0 Å². The molecule has 3 saturated carbocycles. The summed E-state index contributed by atoms with van der Waals surface area (Å²) in [6, 6.07) is 7.51. The second-order valence-electron chi connectivity index (χ2n) is 16.7. The Morgan fingerprint density at radius 1 is 1.12 bits per heavy atom. The number of aliphatic hydroxyl groups is 2. The molecule has 2 aromatic rings. The first-order chi connectivity index (χ1) is 28.0. The zero-order valence-corrected chi connectivity index (χ0v) is 34.2. The fourth-order valence-electron chi connectivity index (χ4n) is 10.6. The molecule has 1 aromatic heterocycles. The molecule has 7 rings (SSSR count). The van der Waals surface area contributed by atoms with E-state index in [0.29, 0.717) is 36.2 Å². The Balaban J connectivity index is 1.05. The Kier molecular flexibility index (Phi) is 11.6. The van der Waals surface area contributed by atoms with E-state index < -0.39 is 101 Å². The normalized spacial score (nSPS) is 33.4. The van der Waals surface area contributed by atoms with Gasteiger partial charge in [-0.2, -0.15) is 0 Å². The van der Waals surface area contributed by atoms with E-state index in [2.05, 4.69) is 31.9 Å². The van der Waals surface area contributed by atoms with E-state index in [0.717, 1.165) is 5.56 Å². The molecule has 0 bridgehead atoms. The molecule has 0 radical (unpaired) electrons. The zero-order chi connectivity index (χ0) is 42.5. The minimum absolute atomic E-state index is 0.0162. The van der Waals surface area contributed by atoms with Gasteiger partial charge in [0.05, 0.1) is 24.1 Å². The highest BCUT2D eigenvalue weighted by molar-refractivity contribution is 9.09. The molecule has 1 aliphatic heterocycles. The maximum Gasteiger partial charge on any atom is 0.303 e. The van der Waals surface area contributed by atoms with Crippen molar-refractivity contribution in [2.75, 3.05) is 23.8 Å². The number of carbonyl (C=O) groups is 6. The summed E-state index contributed by atoms with van der Waals surface area (Å²) in [5.41, 5.74) is -3.67. The lowest BCUT2D eigenvalue weighted by atomic mass is 9.44. The standard InChI is InChI=1S/C42H48BrFN4O11/c1-39-12-10-27(50)15-25(39)6-7-28-29-16-33-42(32(52)22-49,40(29,2)17-31(51)41(28,39)44)59-38(58-33)24-11-13-48(21-24)20-23-4-3-5-26(14-23)46-37(57)30(8-9-36(55)56)47-35(54)19-45-34(53)18-43/h3-5,10-15,21,28-31,33,38,49,51H,6-9,16-20,22H2,1-2H3,(H,45,53)(H,46,57)(H,47,54)(H,55,56)/t28-,29-,30-,31-,33+,38+,39-,40-,41-,42+/m0/s1. The summed E-state index contributed by atoms with van der Waals surface area (Å²) in [4.78, 5) is 74.6. The molecule has 17 heteroatoms. The predicted octanol–water partition coefficient (Wildman–Crippen LogP) is 3.03. The van der Waals surface area contributed by atoms with Crippen LogP contribution >= 0.6 is 15.9 Å². The van der Waals surface area contributed by atoms with Crippen LogP contribution in [0, 0.1) is 22.7 Å². The third-order valence-corrected chi connectivity index (χ3v) is 13.9. The molecule has 6 N–H and O–H groups in total. The minimum atomic E-state index is -2.11. The maximum absolute atomic E-state index is 17.7. The van der Waals surface area contributed by atoms with Gasteiger partial charge in [-0.25, -0.2) is 4.39 Å². The van der Waals surface area contributed by atoms with Gasteiger partial charge in [0.25, 0.3) is 0 Å². The van der Waals surface area contributed by atoms with Crippen molar-refractivity contribution in [3.63, 3.8) is 0 Å². The van der Waals surface area contributed by atoms with Gasteiger partial charge in [0.1, 0.15) is 12.6 Å². The van der Waals surface area contributed by atoms with Gasteiger partial charge in [-0.3, -0.25) is 28.8 Å². The number of aliphatic carboxylic acids is 1. The third-order valence-electron chi connectivity index (χ3n) is 13.4. The van der Waals surface area contributed by atoms with Crippen LogP contribution in [-0.2, 0) is 44.8 Å². The highest BCUT2D eigenvalue weighted by atomic mass is 79.9. The number of ketones is 2. The summed E-state index contributed by atoms with van der Waals surface area (Å²) in [7, 11) is 0. The molecule has 3 amide bonds. The van der Waals surface area contributed by atoms with Crippen molar-refractivity contribution in [2.45, 2.75) is 94.7 Å². The number of carbonyl (C=O) groups excluding carboxylic acids is 5. The molecule has 59 heavy (non-hydrogen) atoms. The van der Waals surface area contributed by atoms with Gasteiger partial charge >= 0.3 is 5.97 Å². The number of carboxylic acids is 1. The van der Waals surface area contributed by atoms with Gasteiger partial charge in [-0.05, 0) is 80.9 Å². The number of rotatable bonds is 14. The first-order valence-electron chi connectivity index (χ1n) is 19.7. The van der Waals surface area contributed by atoms with Crippen molar-refractivity contribution < 1.29 is 58.0 Å². The van der Waals surface area contributed by atoms with E-state index >= 15 is 4.39 Å². The number of nitrogens with one attached hydrogen (secondary N) is 3. The molecular formula is C42H48BrFN4O11. The molecule has 4 aliphatic carbocycles. The number of aliphatic hydroxyl groups excluding tert-OH is 2. The number of nitrogens with zero attached hydrogens (tertiary/aromatic N) is 1. The van der Waals surface area contributed by atoms with E-state index in [9.17, 15) is 44.1 Å². The van der Waals surface area contributed by atoms with Gasteiger partial charge in [0.2, 0.25) is 17.7 Å². The average Bonchev–Trinajstić information content (AvgIpc) is 3.89. The van der Waals surface area contributed by atoms with E-state index in [1.807, 2.05) is 17.6 Å². The number of halogens is 2. The smallest absolute Gasteiger partial charge is 0.303 e. The van der Waals surface area contributed by atoms with Gasteiger partial charge in [0.15, 0.2) is 29.1 Å². The lowest BCUT2D eigenvalue weighted by molar-refractivity contribution is -0.231. The van der Waals surface area contributed by atoms with Crippen molar-refractivity contribution in [1.82, 2.24) is 15.2 Å². The maximum atomic E-state index is 17.7. The van der Waals surface area contributed by atoms with Gasteiger partial charge in [-0.1, -0.05) is 46.6 Å². The van der Waals surface area contributed by atoms with Crippen LogP contribution in [0.3, 0.4) is 0 Å². The molecule has 316 valence electrons. The number of amides is 3. The number of anilines is 1. The summed E-state index contributed by atoms with van der Waals surface area (Å²) in [5.74, 6) is -4.80. The average molecular weight is 884 g/mol. The summed E-state index contributed by atoms with van der Waals surface area (Å²) in [6.45, 7) is 2.66. The van der Waals surface area contributed by atoms with Crippen LogP contribution < -0.4 is 16.0 Å². The predicted molar refractivity (Wildman–Crippen MR) is 211 cm³/mol. The van der Waals surface area contributed by atoms with Crippen molar-refractivity contribution in [3.8, 4) is 0 Å². The second kappa shape index (κ2) is 16.1. The molecular weight excluding hydrogens is 835 g/mol. The highest BCUT2D eigenvalue weighted by Crippen LogP contribution is 2.72. The summed E-state index contributed by atoms with van der Waals surface area (Å²) < 4.78 is 32.7. The van der Waals surface area contributed by atoms with E-state index in [1.165, 1.54) is 12.2 Å². The Bertz CT molecular complexity index is 2120. The van der Waals surface area contributed by atoms with Crippen LogP contribution in [0.4, 0.5) is 10.1 Å². The van der Waals surface area contributed by atoms with Crippen molar-refractivity contribution >= 4 is 56.9 Å². The number of benzene rings is 1. The summed E-state index contributed by atoms with van der Waals surface area (Å²) in [5, 5.41) is 38.9. The molecule has 0 unspecified atom stereocenters.